The maximum absolute atomic E-state index is 13.5. The number of ether oxygens (including phenoxy) is 2. The van der Waals surface area contributed by atoms with Gasteiger partial charge in [-0.1, -0.05) is 0 Å². The number of pyridine rings is 1. The van der Waals surface area contributed by atoms with Gasteiger partial charge in [0.25, 0.3) is 11.8 Å². The van der Waals surface area contributed by atoms with Crippen LogP contribution < -0.4 is 31.0 Å². The number of hydrogen-bond acceptors (Lipinski definition) is 8. The number of halogens is 2. The number of rotatable bonds is 6. The van der Waals surface area contributed by atoms with E-state index in [2.05, 4.69) is 26.5 Å². The van der Waals surface area contributed by atoms with E-state index in [0.29, 0.717) is 23.4 Å². The zero-order chi connectivity index (χ0) is 29.2. The number of methoxy groups -OCH3 is 2. The van der Waals surface area contributed by atoms with Crippen molar-refractivity contribution >= 4 is 23.2 Å². The van der Waals surface area contributed by atoms with Crippen molar-refractivity contribution in [3.05, 3.63) is 41.6 Å². The highest BCUT2D eigenvalue weighted by Crippen LogP contribution is 2.65. The molecule has 10 nitrogen and oxygen atoms in total. The molecule has 5 aliphatic rings. The summed E-state index contributed by atoms with van der Waals surface area (Å²) in [6, 6.07) is 9.45. The average Bonchev–Trinajstić information content (AvgIpc) is 3.55. The summed E-state index contributed by atoms with van der Waals surface area (Å²) >= 11 is 0. The van der Waals surface area contributed by atoms with E-state index in [1.165, 1.54) is 12.0 Å². The Morgan fingerprint density at radius 2 is 1.90 bits per heavy atom. The topological polar surface area (TPSA) is 117 Å². The van der Waals surface area contributed by atoms with E-state index < -0.39 is 11.3 Å². The molecule has 4 heterocycles. The van der Waals surface area contributed by atoms with Crippen LogP contribution in [0.25, 0.3) is 0 Å². The maximum atomic E-state index is 13.5. The quantitative estimate of drug-likeness (QED) is 0.409. The van der Waals surface area contributed by atoms with E-state index in [0.717, 1.165) is 42.7 Å². The normalized spacial score (nSPS) is 32.6. The second-order valence-electron chi connectivity index (χ2n) is 12.3. The van der Waals surface area contributed by atoms with Crippen LogP contribution in [0, 0.1) is 17.8 Å². The number of benzene rings is 1. The highest BCUT2D eigenvalue weighted by molar-refractivity contribution is 6.09. The molecule has 0 radical (unpaired) electrons. The second-order valence-corrected chi connectivity index (χ2v) is 12.3. The van der Waals surface area contributed by atoms with Gasteiger partial charge in [0.15, 0.2) is 0 Å². The van der Waals surface area contributed by atoms with Crippen molar-refractivity contribution in [3.8, 4) is 11.6 Å². The van der Waals surface area contributed by atoms with Gasteiger partial charge in [-0.2, -0.15) is 0 Å². The van der Waals surface area contributed by atoms with Crippen LogP contribution in [0.1, 0.15) is 54.6 Å². The van der Waals surface area contributed by atoms with Gasteiger partial charge in [0, 0.05) is 43.6 Å². The molecule has 2 aliphatic carbocycles. The van der Waals surface area contributed by atoms with Crippen LogP contribution >= 0.6 is 0 Å². The number of hydrogen-bond donors (Lipinski definition) is 4. The number of hydrazine groups is 1. The Kier molecular flexibility index (Phi) is 6.54. The van der Waals surface area contributed by atoms with Crippen molar-refractivity contribution in [1.29, 1.82) is 0 Å². The number of fused-ring (bicyclic) bond motifs is 3. The number of amides is 2. The smallest absolute Gasteiger partial charge is 0.272 e. The second kappa shape index (κ2) is 10.0. The van der Waals surface area contributed by atoms with E-state index in [9.17, 15) is 18.4 Å². The molecular formula is C30H36F2N6O4. The Morgan fingerprint density at radius 1 is 1.10 bits per heavy atom. The minimum absolute atomic E-state index is 0.00487. The minimum Gasteiger partial charge on any atom is -0.497 e. The Labute approximate surface area is 242 Å². The third kappa shape index (κ3) is 4.46. The molecule has 7 rings (SSSR count). The van der Waals surface area contributed by atoms with Crippen molar-refractivity contribution < 1.29 is 27.8 Å². The van der Waals surface area contributed by atoms with E-state index in [1.807, 2.05) is 18.2 Å². The van der Waals surface area contributed by atoms with Crippen LogP contribution in [0.4, 0.5) is 20.2 Å². The molecule has 0 bridgehead atoms. The number of nitrogens with one attached hydrogen (secondary N) is 4. The summed E-state index contributed by atoms with van der Waals surface area (Å²) < 4.78 is 38.0. The SMILES string of the molecule is COc1ccc2c(c1)[C@]1(C[C@H]1C1CCC3C(C1)NNC3Nc1ccc(C(=O)N3CCC(F)(F)CC3)nc1OC)C(=O)N2. The molecule has 2 saturated carbocycles. The molecule has 1 aromatic carbocycles. The number of piperidine rings is 1. The lowest BCUT2D eigenvalue weighted by molar-refractivity contribution is -0.118. The first kappa shape index (κ1) is 27.3. The molecule has 1 aromatic heterocycles. The molecule has 6 atom stereocenters. The van der Waals surface area contributed by atoms with Crippen LogP contribution in [0.3, 0.4) is 0 Å². The van der Waals surface area contributed by atoms with E-state index in [4.69, 9.17) is 9.47 Å². The molecule has 4 fully saturated rings. The van der Waals surface area contributed by atoms with Crippen molar-refractivity contribution in [3.63, 3.8) is 0 Å². The first-order valence-electron chi connectivity index (χ1n) is 14.7. The van der Waals surface area contributed by atoms with E-state index in [-0.39, 0.29) is 61.5 Å². The summed E-state index contributed by atoms with van der Waals surface area (Å²) in [5.41, 5.74) is 9.20. The van der Waals surface area contributed by atoms with E-state index in [1.54, 1.807) is 19.2 Å². The molecule has 2 saturated heterocycles. The molecular weight excluding hydrogens is 546 g/mol. The third-order valence-electron chi connectivity index (χ3n) is 10.1. The predicted molar refractivity (Wildman–Crippen MR) is 151 cm³/mol. The number of nitrogens with zero attached hydrogens (tertiary/aromatic N) is 2. The number of carbonyl (C=O) groups is 2. The number of alkyl halides is 2. The highest BCUT2D eigenvalue weighted by atomic mass is 19.3. The minimum atomic E-state index is -2.72. The van der Waals surface area contributed by atoms with Gasteiger partial charge in [-0.05, 0) is 73.4 Å². The van der Waals surface area contributed by atoms with Crippen LogP contribution in [0.2, 0.25) is 0 Å². The van der Waals surface area contributed by atoms with Crippen LogP contribution in [-0.2, 0) is 10.2 Å². The summed E-state index contributed by atoms with van der Waals surface area (Å²) in [5, 5.41) is 6.58. The first-order valence-corrected chi connectivity index (χ1v) is 14.7. The molecule has 2 aromatic rings. The first-order chi connectivity index (χ1) is 20.2. The lowest BCUT2D eigenvalue weighted by atomic mass is 9.74. The van der Waals surface area contributed by atoms with Crippen molar-refractivity contribution in [2.24, 2.45) is 17.8 Å². The molecule has 1 spiro atoms. The third-order valence-corrected chi connectivity index (χ3v) is 10.1. The fourth-order valence-electron chi connectivity index (χ4n) is 7.71. The van der Waals surface area contributed by atoms with Gasteiger partial charge in [-0.25, -0.2) is 19.2 Å². The summed E-state index contributed by atoms with van der Waals surface area (Å²) in [7, 11) is 3.14. The van der Waals surface area contributed by atoms with Crippen molar-refractivity contribution in [2.75, 3.05) is 37.9 Å². The number of likely N-dealkylation sites (tertiary alicyclic amines) is 1. The fourth-order valence-corrected chi connectivity index (χ4v) is 7.71. The lowest BCUT2D eigenvalue weighted by Crippen LogP contribution is -2.43. The van der Waals surface area contributed by atoms with Crippen molar-refractivity contribution in [1.82, 2.24) is 20.7 Å². The summed E-state index contributed by atoms with van der Waals surface area (Å²) in [6.07, 6.45) is 3.09. The van der Waals surface area contributed by atoms with Crippen molar-refractivity contribution in [2.45, 2.75) is 62.1 Å². The Hall–Kier alpha value is -3.51. The molecule has 2 amide bonds. The zero-order valence-electron chi connectivity index (χ0n) is 23.7. The van der Waals surface area contributed by atoms with Crippen LogP contribution in [-0.4, -0.2) is 67.1 Å². The van der Waals surface area contributed by atoms with E-state index >= 15 is 0 Å². The van der Waals surface area contributed by atoms with Gasteiger partial charge in [-0.3, -0.25) is 15.0 Å². The Morgan fingerprint density at radius 3 is 2.67 bits per heavy atom. The molecule has 224 valence electrons. The number of carbonyl (C=O) groups excluding carboxylic acids is 2. The predicted octanol–water partition coefficient (Wildman–Crippen LogP) is 3.51. The lowest BCUT2D eigenvalue weighted by Gasteiger charge is -2.34. The molecule has 42 heavy (non-hydrogen) atoms. The van der Waals surface area contributed by atoms with Gasteiger partial charge in [-0.15, -0.1) is 0 Å². The monoisotopic (exact) mass is 582 g/mol. The zero-order valence-corrected chi connectivity index (χ0v) is 23.7. The molecule has 4 unspecified atom stereocenters. The number of aromatic nitrogens is 1. The average molecular weight is 583 g/mol. The molecule has 12 heteroatoms. The maximum Gasteiger partial charge on any atom is 0.272 e. The van der Waals surface area contributed by atoms with Gasteiger partial charge < -0.3 is 25.0 Å². The molecule has 4 N–H and O–H groups in total. The van der Waals surface area contributed by atoms with Gasteiger partial charge in [0.1, 0.15) is 11.4 Å². The Bertz CT molecular complexity index is 1410. The largest absolute Gasteiger partial charge is 0.497 e. The summed E-state index contributed by atoms with van der Waals surface area (Å²) in [5.74, 6) is -0.892. The van der Waals surface area contributed by atoms with Gasteiger partial charge >= 0.3 is 0 Å². The van der Waals surface area contributed by atoms with Gasteiger partial charge in [0.05, 0.1) is 31.5 Å². The standard InChI is InChI=1S/C30H36F2N6O4/c1-41-17-4-6-21-19(14-17)30(28(40)35-21)15-20(30)16-3-5-18-24(13-16)36-37-25(18)33-22-7-8-23(34-26(22)42-2)27(39)38-11-9-29(31,32)10-12-38/h4,6-8,14,16,18,20,24-25,33,36-37H,3,5,9-13,15H2,1-2H3,(H,35,40)/t16?,18?,20-,24?,25?,30-/m0/s1. The Balaban J connectivity index is 0.998. The van der Waals surface area contributed by atoms with Crippen LogP contribution in [0.5, 0.6) is 11.6 Å². The highest BCUT2D eigenvalue weighted by Gasteiger charge is 2.67. The number of anilines is 2. The summed E-state index contributed by atoms with van der Waals surface area (Å²) in [6.45, 7) is 0.00974. The van der Waals surface area contributed by atoms with Crippen LogP contribution in [0.15, 0.2) is 30.3 Å². The molecule has 3 aliphatic heterocycles. The summed E-state index contributed by atoms with van der Waals surface area (Å²) in [4.78, 5) is 31.9. The fraction of sp³-hybridized carbons (Fsp3) is 0.567. The van der Waals surface area contributed by atoms with Gasteiger partial charge in [0.2, 0.25) is 11.8 Å².